The van der Waals surface area contributed by atoms with Gasteiger partial charge in [0.1, 0.15) is 23.0 Å². The summed E-state index contributed by atoms with van der Waals surface area (Å²) < 4.78 is 13.9. The van der Waals surface area contributed by atoms with Gasteiger partial charge in [-0.1, -0.05) is 132 Å². The van der Waals surface area contributed by atoms with Gasteiger partial charge >= 0.3 is 0 Å². The summed E-state index contributed by atoms with van der Waals surface area (Å²) >= 11 is 0. The molecule has 0 saturated heterocycles. The van der Waals surface area contributed by atoms with Crippen LogP contribution in [0, 0.1) is 0 Å². The van der Waals surface area contributed by atoms with E-state index < -0.39 is 5.41 Å². The minimum absolute atomic E-state index is 0.262. The molecule has 0 radical (unpaired) electrons. The molecule has 1 aliphatic carbocycles. The van der Waals surface area contributed by atoms with E-state index in [-0.39, 0.29) is 21.7 Å². The highest BCUT2D eigenvalue weighted by molar-refractivity contribution is 5.87. The van der Waals surface area contributed by atoms with Crippen molar-refractivity contribution in [1.29, 1.82) is 0 Å². The van der Waals surface area contributed by atoms with Gasteiger partial charge in [0.2, 0.25) is 0 Å². The van der Waals surface area contributed by atoms with Crippen molar-refractivity contribution in [2.45, 2.75) is 110 Å². The minimum Gasteiger partial charge on any atom is -0.457 e. The van der Waals surface area contributed by atoms with Crippen LogP contribution in [0.25, 0.3) is 11.1 Å². The molecule has 0 bridgehead atoms. The lowest BCUT2D eigenvalue weighted by molar-refractivity contribution is 0.430. The van der Waals surface area contributed by atoms with Gasteiger partial charge < -0.3 is 20.9 Å². The maximum Gasteiger partial charge on any atom is 0.134 e. The van der Waals surface area contributed by atoms with Crippen LogP contribution >= 0.6 is 0 Å². The number of hydrogen-bond acceptors (Lipinski definition) is 4. The second kappa shape index (κ2) is 13.9. The van der Waals surface area contributed by atoms with Crippen LogP contribution in [0.4, 0.5) is 11.4 Å². The zero-order valence-electron chi connectivity index (χ0n) is 36.0. The molecular weight excluding hydrogens is 697 g/mol. The van der Waals surface area contributed by atoms with Gasteiger partial charge in [0, 0.05) is 33.6 Å². The molecule has 0 saturated carbocycles. The summed E-state index contributed by atoms with van der Waals surface area (Å²) in [5.41, 5.74) is 24.0. The van der Waals surface area contributed by atoms with Crippen molar-refractivity contribution in [1.82, 2.24) is 0 Å². The molecule has 294 valence electrons. The largest absolute Gasteiger partial charge is 0.457 e. The molecular formula is C53H60N2O2. The van der Waals surface area contributed by atoms with E-state index in [4.69, 9.17) is 20.9 Å². The summed E-state index contributed by atoms with van der Waals surface area (Å²) in [6.45, 7) is 27.5. The Balaban J connectivity index is 1.64. The first-order valence-electron chi connectivity index (χ1n) is 20.3. The minimum atomic E-state index is -0.674. The Morgan fingerprint density at radius 2 is 0.667 bits per heavy atom. The third-order valence-electron chi connectivity index (χ3n) is 11.4. The molecule has 57 heavy (non-hydrogen) atoms. The molecule has 0 aromatic heterocycles. The van der Waals surface area contributed by atoms with Crippen molar-refractivity contribution in [3.05, 3.63) is 166 Å². The first-order valence-corrected chi connectivity index (χ1v) is 20.3. The lowest BCUT2D eigenvalue weighted by Gasteiger charge is -2.40. The zero-order valence-corrected chi connectivity index (χ0v) is 36.0. The summed E-state index contributed by atoms with van der Waals surface area (Å²) in [4.78, 5) is 0. The number of fused-ring (bicyclic) bond motifs is 3. The van der Waals surface area contributed by atoms with Crippen molar-refractivity contribution in [2.24, 2.45) is 0 Å². The molecule has 4 N–H and O–H groups in total. The van der Waals surface area contributed by atoms with Gasteiger partial charge in [-0.2, -0.15) is 0 Å². The molecule has 0 spiro atoms. The molecule has 7 rings (SSSR count). The Morgan fingerprint density at radius 1 is 0.386 bits per heavy atom. The highest BCUT2D eigenvalue weighted by atomic mass is 16.5. The van der Waals surface area contributed by atoms with E-state index in [0.717, 1.165) is 45.3 Å². The molecule has 0 aliphatic heterocycles. The van der Waals surface area contributed by atoms with E-state index in [1.54, 1.807) is 0 Å². The van der Waals surface area contributed by atoms with Gasteiger partial charge in [-0.25, -0.2) is 0 Å². The summed E-state index contributed by atoms with van der Waals surface area (Å²) in [5, 5.41) is 0. The summed E-state index contributed by atoms with van der Waals surface area (Å²) in [6, 6.07) is 43.2. The van der Waals surface area contributed by atoms with Gasteiger partial charge in [-0.15, -0.1) is 0 Å². The number of benzene rings is 6. The van der Waals surface area contributed by atoms with Crippen LogP contribution in [-0.4, -0.2) is 0 Å². The fourth-order valence-corrected chi connectivity index (χ4v) is 8.47. The molecule has 0 atom stereocenters. The summed E-state index contributed by atoms with van der Waals surface area (Å²) in [5.74, 6) is 3.33. The second-order valence-corrected chi connectivity index (χ2v) is 20.0. The quantitative estimate of drug-likeness (QED) is 0.166. The first-order chi connectivity index (χ1) is 26.6. The molecule has 0 fully saturated rings. The predicted molar refractivity (Wildman–Crippen MR) is 240 cm³/mol. The summed E-state index contributed by atoms with van der Waals surface area (Å²) in [6.07, 6.45) is 0. The molecule has 1 aliphatic rings. The van der Waals surface area contributed by atoms with Crippen LogP contribution in [0.5, 0.6) is 23.0 Å². The highest BCUT2D eigenvalue weighted by Crippen LogP contribution is 2.59. The van der Waals surface area contributed by atoms with E-state index in [0.29, 0.717) is 11.4 Å². The number of ether oxygens (including phenoxy) is 2. The van der Waals surface area contributed by atoms with Crippen LogP contribution in [-0.2, 0) is 27.1 Å². The van der Waals surface area contributed by atoms with Gasteiger partial charge in [0.05, 0.1) is 5.41 Å². The van der Waals surface area contributed by atoms with Crippen LogP contribution in [0.2, 0.25) is 0 Å². The fourth-order valence-electron chi connectivity index (χ4n) is 8.47. The highest BCUT2D eigenvalue weighted by Gasteiger charge is 2.48. The smallest absolute Gasteiger partial charge is 0.134 e. The SMILES string of the molecule is CC(C)(C)c1cc(C2(c3cc(C(C)(C)C)c(Oc4ccc(N)cc4)c(C(C)(C)C)c3)c3ccccc3-c3ccccc32)cc(C(C)(C)C)c1Oc1ccc(N)cc1. The lowest BCUT2D eigenvalue weighted by Crippen LogP contribution is -2.32. The summed E-state index contributed by atoms with van der Waals surface area (Å²) in [7, 11) is 0. The van der Waals surface area contributed by atoms with Crippen LogP contribution in [0.15, 0.2) is 121 Å². The normalized spacial score (nSPS) is 13.9. The van der Waals surface area contributed by atoms with Crippen LogP contribution in [0.3, 0.4) is 0 Å². The van der Waals surface area contributed by atoms with E-state index in [1.165, 1.54) is 33.4 Å². The van der Waals surface area contributed by atoms with Crippen molar-refractivity contribution in [3.63, 3.8) is 0 Å². The molecule has 6 aromatic carbocycles. The number of nitrogens with two attached hydrogens (primary N) is 2. The Hall–Kier alpha value is -5.48. The maximum atomic E-state index is 6.97. The number of hydrogen-bond donors (Lipinski definition) is 2. The van der Waals surface area contributed by atoms with Crippen molar-refractivity contribution in [2.75, 3.05) is 11.5 Å². The standard InChI is InChI=1S/C53H60N2O2/c1-49(2,3)43-29-33(30-44(50(4,5)6)47(43)56-37-25-21-35(54)22-26-37)53(41-19-15-13-17-39(41)40-18-14-16-20-42(40)53)34-31-45(51(7,8)9)48(46(32-34)52(10,11)12)57-38-27-23-36(55)24-28-38/h13-32H,54-55H2,1-12H3. The fraction of sp³-hybridized carbons (Fsp3) is 0.321. The third-order valence-corrected chi connectivity index (χ3v) is 11.4. The van der Waals surface area contributed by atoms with Crippen molar-refractivity contribution in [3.8, 4) is 34.1 Å². The molecule has 6 aromatic rings. The van der Waals surface area contributed by atoms with Crippen LogP contribution in [0.1, 0.15) is 128 Å². The number of nitrogen functional groups attached to an aromatic ring is 2. The van der Waals surface area contributed by atoms with Gasteiger partial charge in [0.25, 0.3) is 0 Å². The number of rotatable bonds is 6. The van der Waals surface area contributed by atoms with Crippen molar-refractivity contribution < 1.29 is 9.47 Å². The Kier molecular flexibility index (Phi) is 9.67. The molecule has 0 unspecified atom stereocenters. The monoisotopic (exact) mass is 756 g/mol. The molecule has 4 nitrogen and oxygen atoms in total. The molecule has 0 amide bonds. The van der Waals surface area contributed by atoms with E-state index in [9.17, 15) is 0 Å². The topological polar surface area (TPSA) is 70.5 Å². The Morgan fingerprint density at radius 3 is 0.947 bits per heavy atom. The average molecular weight is 757 g/mol. The second-order valence-electron chi connectivity index (χ2n) is 20.0. The van der Waals surface area contributed by atoms with E-state index >= 15 is 0 Å². The Labute approximate surface area is 341 Å². The Bertz CT molecular complexity index is 2200. The van der Waals surface area contributed by atoms with Crippen molar-refractivity contribution >= 4 is 11.4 Å². The first kappa shape index (κ1) is 39.7. The third kappa shape index (κ3) is 7.20. The van der Waals surface area contributed by atoms with E-state index in [1.807, 2.05) is 48.5 Å². The molecule has 4 heteroatoms. The maximum absolute atomic E-state index is 6.97. The lowest BCUT2D eigenvalue weighted by atomic mass is 9.63. The number of anilines is 2. The van der Waals surface area contributed by atoms with Gasteiger partial charge in [-0.3, -0.25) is 0 Å². The van der Waals surface area contributed by atoms with E-state index in [2.05, 4.69) is 156 Å². The zero-order chi connectivity index (χ0) is 41.3. The molecule has 0 heterocycles. The van der Waals surface area contributed by atoms with Gasteiger partial charge in [-0.05, 0) is 128 Å². The van der Waals surface area contributed by atoms with Crippen LogP contribution < -0.4 is 20.9 Å². The predicted octanol–water partition coefficient (Wildman–Crippen LogP) is 14.0. The average Bonchev–Trinajstić information content (AvgIpc) is 3.43. The van der Waals surface area contributed by atoms with Gasteiger partial charge in [0.15, 0.2) is 0 Å².